The molecule has 0 saturated heterocycles. The standard InChI is InChI=1S/C26H21ClF3N5O2S/c27-18-9-6-10-19(14-18)35-22(15-31-23(36)13-17-7-2-1-3-8-17)33-34-25(35)38-16-24(37)32-21-12-5-4-11-20(21)26(28,29)30/h1-12,14H,13,15-16H2,(H,31,36)(H,32,37). The lowest BCUT2D eigenvalue weighted by molar-refractivity contribution is -0.137. The van der Waals surface area contributed by atoms with Crippen LogP contribution in [-0.2, 0) is 28.7 Å². The van der Waals surface area contributed by atoms with Gasteiger partial charge in [-0.2, -0.15) is 13.2 Å². The second-order valence-electron chi connectivity index (χ2n) is 8.03. The van der Waals surface area contributed by atoms with Crippen LogP contribution in [-0.4, -0.2) is 32.3 Å². The number of alkyl halides is 3. The number of nitrogens with zero attached hydrogens (tertiary/aromatic N) is 3. The molecule has 4 rings (SSSR count). The fourth-order valence-corrected chi connectivity index (χ4v) is 4.52. The molecule has 0 atom stereocenters. The maximum atomic E-state index is 13.3. The molecule has 0 fully saturated rings. The highest BCUT2D eigenvalue weighted by Gasteiger charge is 2.33. The average molecular weight is 560 g/mol. The molecule has 7 nitrogen and oxygen atoms in total. The Morgan fingerprint density at radius 3 is 2.39 bits per heavy atom. The molecule has 0 spiro atoms. The third-order valence-electron chi connectivity index (χ3n) is 5.26. The molecule has 1 aromatic heterocycles. The first-order valence-corrected chi connectivity index (χ1v) is 12.7. The highest BCUT2D eigenvalue weighted by molar-refractivity contribution is 7.99. The molecule has 0 aliphatic heterocycles. The van der Waals surface area contributed by atoms with E-state index in [4.69, 9.17) is 11.6 Å². The Morgan fingerprint density at radius 1 is 0.921 bits per heavy atom. The first kappa shape index (κ1) is 27.2. The third-order valence-corrected chi connectivity index (χ3v) is 6.42. The normalized spacial score (nSPS) is 11.3. The number of aromatic nitrogens is 3. The largest absolute Gasteiger partial charge is 0.418 e. The Hall–Kier alpha value is -3.83. The molecule has 0 unspecified atom stereocenters. The van der Waals surface area contributed by atoms with Crippen molar-refractivity contribution in [1.82, 2.24) is 20.1 Å². The summed E-state index contributed by atoms with van der Waals surface area (Å²) in [7, 11) is 0. The molecule has 38 heavy (non-hydrogen) atoms. The zero-order valence-corrected chi connectivity index (χ0v) is 21.3. The average Bonchev–Trinajstić information content (AvgIpc) is 3.29. The van der Waals surface area contributed by atoms with Gasteiger partial charge in [0.05, 0.1) is 35.7 Å². The molecule has 0 bridgehead atoms. The number of benzene rings is 3. The summed E-state index contributed by atoms with van der Waals surface area (Å²) in [4.78, 5) is 25.0. The van der Waals surface area contributed by atoms with Crippen LogP contribution in [0.4, 0.5) is 18.9 Å². The number of thioether (sulfide) groups is 1. The number of carbonyl (C=O) groups excluding carboxylic acids is 2. The van der Waals surface area contributed by atoms with E-state index in [1.54, 1.807) is 28.8 Å². The minimum absolute atomic E-state index is 0.0525. The molecule has 1 heterocycles. The van der Waals surface area contributed by atoms with Gasteiger partial charge in [-0.1, -0.05) is 71.9 Å². The molecular weight excluding hydrogens is 539 g/mol. The molecule has 0 radical (unpaired) electrons. The molecule has 2 N–H and O–H groups in total. The van der Waals surface area contributed by atoms with E-state index in [-0.39, 0.29) is 30.3 Å². The van der Waals surface area contributed by atoms with Crippen molar-refractivity contribution in [2.75, 3.05) is 11.1 Å². The minimum atomic E-state index is -4.61. The van der Waals surface area contributed by atoms with Crippen molar-refractivity contribution >= 4 is 40.9 Å². The van der Waals surface area contributed by atoms with E-state index in [0.717, 1.165) is 23.4 Å². The SMILES string of the molecule is O=C(Cc1ccccc1)NCc1nnc(SCC(=O)Nc2ccccc2C(F)(F)F)n1-c1cccc(Cl)c1. The van der Waals surface area contributed by atoms with Crippen LogP contribution in [0, 0.1) is 0 Å². The molecule has 0 saturated carbocycles. The summed E-state index contributed by atoms with van der Waals surface area (Å²) in [5.41, 5.74) is 0.188. The lowest BCUT2D eigenvalue weighted by Crippen LogP contribution is -2.26. The summed E-state index contributed by atoms with van der Waals surface area (Å²) in [6.45, 7) is 0.0525. The van der Waals surface area contributed by atoms with Crippen LogP contribution in [0.15, 0.2) is 84.0 Å². The molecule has 4 aromatic rings. The van der Waals surface area contributed by atoms with Crippen molar-refractivity contribution in [2.45, 2.75) is 24.3 Å². The van der Waals surface area contributed by atoms with Crippen molar-refractivity contribution in [3.05, 3.63) is 101 Å². The van der Waals surface area contributed by atoms with Gasteiger partial charge in [0.25, 0.3) is 0 Å². The predicted molar refractivity (Wildman–Crippen MR) is 139 cm³/mol. The number of rotatable bonds is 9. The summed E-state index contributed by atoms with van der Waals surface area (Å²) < 4.78 is 41.4. The molecule has 3 aromatic carbocycles. The monoisotopic (exact) mass is 559 g/mol. The van der Waals surface area contributed by atoms with Crippen molar-refractivity contribution in [1.29, 1.82) is 0 Å². The van der Waals surface area contributed by atoms with Gasteiger partial charge in [0.2, 0.25) is 11.8 Å². The van der Waals surface area contributed by atoms with Gasteiger partial charge < -0.3 is 10.6 Å². The smallest absolute Gasteiger partial charge is 0.348 e. The Bertz CT molecular complexity index is 1430. The van der Waals surface area contributed by atoms with E-state index in [9.17, 15) is 22.8 Å². The van der Waals surface area contributed by atoms with Gasteiger partial charge in [-0.05, 0) is 35.9 Å². The van der Waals surface area contributed by atoms with E-state index in [2.05, 4.69) is 20.8 Å². The van der Waals surface area contributed by atoms with Crippen molar-refractivity contribution in [2.24, 2.45) is 0 Å². The number of anilines is 1. The summed E-state index contributed by atoms with van der Waals surface area (Å²) in [5, 5.41) is 14.2. The molecule has 0 aliphatic rings. The second kappa shape index (κ2) is 12.1. The van der Waals surface area contributed by atoms with E-state index in [1.807, 2.05) is 30.3 Å². The first-order chi connectivity index (χ1) is 18.2. The third kappa shape index (κ3) is 7.14. The molecule has 2 amide bonds. The van der Waals surface area contributed by atoms with Crippen molar-refractivity contribution in [3.63, 3.8) is 0 Å². The van der Waals surface area contributed by atoms with Crippen LogP contribution < -0.4 is 10.6 Å². The molecule has 12 heteroatoms. The second-order valence-corrected chi connectivity index (χ2v) is 9.41. The number of hydrogen-bond acceptors (Lipinski definition) is 5. The zero-order valence-electron chi connectivity index (χ0n) is 19.7. The fourth-order valence-electron chi connectivity index (χ4n) is 3.56. The zero-order chi connectivity index (χ0) is 27.1. The van der Waals surface area contributed by atoms with Gasteiger partial charge in [-0.25, -0.2) is 0 Å². The number of amides is 2. The Balaban J connectivity index is 1.48. The summed E-state index contributed by atoms with van der Waals surface area (Å²) >= 11 is 7.15. The quantitative estimate of drug-likeness (QED) is 0.263. The van der Waals surface area contributed by atoms with Gasteiger partial charge in [0.1, 0.15) is 0 Å². The number of nitrogens with one attached hydrogen (secondary N) is 2. The molecular formula is C26H21ClF3N5O2S. The van der Waals surface area contributed by atoms with Crippen LogP contribution >= 0.6 is 23.4 Å². The van der Waals surface area contributed by atoms with Crippen LogP contribution in [0.2, 0.25) is 5.02 Å². The van der Waals surface area contributed by atoms with Crippen LogP contribution in [0.3, 0.4) is 0 Å². The predicted octanol–water partition coefficient (Wildman–Crippen LogP) is 5.53. The number of para-hydroxylation sites is 1. The number of halogens is 4. The maximum Gasteiger partial charge on any atom is 0.418 e. The van der Waals surface area contributed by atoms with Crippen LogP contribution in [0.5, 0.6) is 0 Å². The number of carbonyl (C=O) groups is 2. The lowest BCUT2D eigenvalue weighted by Gasteiger charge is -2.14. The van der Waals surface area contributed by atoms with E-state index >= 15 is 0 Å². The lowest BCUT2D eigenvalue weighted by atomic mass is 10.1. The maximum absolute atomic E-state index is 13.3. The van der Waals surface area contributed by atoms with Crippen molar-refractivity contribution < 1.29 is 22.8 Å². The van der Waals surface area contributed by atoms with Crippen LogP contribution in [0.1, 0.15) is 17.0 Å². The Morgan fingerprint density at radius 2 is 1.66 bits per heavy atom. The summed E-state index contributed by atoms with van der Waals surface area (Å²) in [6.07, 6.45) is -4.42. The van der Waals surface area contributed by atoms with Gasteiger partial charge in [-0.3, -0.25) is 14.2 Å². The summed E-state index contributed by atoms with van der Waals surface area (Å²) in [6, 6.07) is 20.8. The van der Waals surface area contributed by atoms with Crippen molar-refractivity contribution in [3.8, 4) is 5.69 Å². The molecule has 0 aliphatic carbocycles. The summed E-state index contributed by atoms with van der Waals surface area (Å²) in [5.74, 6) is -0.705. The Labute approximate surface area is 225 Å². The number of hydrogen-bond donors (Lipinski definition) is 2. The Kier molecular flexibility index (Phi) is 8.70. The highest BCUT2D eigenvalue weighted by atomic mass is 35.5. The van der Waals surface area contributed by atoms with E-state index in [1.165, 1.54) is 18.2 Å². The van der Waals surface area contributed by atoms with Gasteiger partial charge in [-0.15, -0.1) is 10.2 Å². The highest BCUT2D eigenvalue weighted by Crippen LogP contribution is 2.34. The minimum Gasteiger partial charge on any atom is -0.348 e. The van der Waals surface area contributed by atoms with Gasteiger partial charge in [0.15, 0.2) is 11.0 Å². The van der Waals surface area contributed by atoms with E-state index < -0.39 is 17.6 Å². The molecule has 196 valence electrons. The first-order valence-electron chi connectivity index (χ1n) is 11.3. The van der Waals surface area contributed by atoms with Crippen LogP contribution in [0.25, 0.3) is 5.69 Å². The topological polar surface area (TPSA) is 88.9 Å². The van der Waals surface area contributed by atoms with Gasteiger partial charge >= 0.3 is 6.18 Å². The van der Waals surface area contributed by atoms with Gasteiger partial charge in [0, 0.05) is 5.02 Å². The fraction of sp³-hybridized carbons (Fsp3) is 0.154. The van der Waals surface area contributed by atoms with E-state index in [0.29, 0.717) is 21.7 Å².